The van der Waals surface area contributed by atoms with E-state index in [2.05, 4.69) is 9.71 Å². The van der Waals surface area contributed by atoms with Crippen molar-refractivity contribution in [2.45, 2.75) is 42.4 Å². The predicted octanol–water partition coefficient (Wildman–Crippen LogP) is 0.262. The molecule has 1 aromatic rings. The van der Waals surface area contributed by atoms with Crippen molar-refractivity contribution in [2.24, 2.45) is 0 Å². The van der Waals surface area contributed by atoms with Crippen LogP contribution in [-0.4, -0.2) is 31.7 Å². The molecule has 0 aliphatic carbocycles. The average Bonchev–Trinajstić information content (AvgIpc) is 2.90. The third kappa shape index (κ3) is 1.98. The van der Waals surface area contributed by atoms with Crippen LogP contribution in [0.1, 0.15) is 19.3 Å². The summed E-state index contributed by atoms with van der Waals surface area (Å²) in [6, 6.07) is 2.87. The number of hydrogen-bond donors (Lipinski definition) is 2. The molecule has 18 heavy (non-hydrogen) atoms. The first-order valence-corrected chi connectivity index (χ1v) is 7.43. The van der Waals surface area contributed by atoms with Gasteiger partial charge in [-0.15, -0.1) is 0 Å². The highest BCUT2D eigenvalue weighted by Crippen LogP contribution is 2.35. The van der Waals surface area contributed by atoms with E-state index in [0.29, 0.717) is 0 Å². The number of nitrogen functional groups attached to an aromatic ring is 1. The van der Waals surface area contributed by atoms with Crippen molar-refractivity contribution in [3.63, 3.8) is 0 Å². The van der Waals surface area contributed by atoms with Gasteiger partial charge in [-0.25, -0.2) is 18.1 Å². The molecule has 0 spiro atoms. The Balaban J connectivity index is 1.82. The van der Waals surface area contributed by atoms with Crippen LogP contribution in [0.25, 0.3) is 0 Å². The van der Waals surface area contributed by atoms with E-state index in [9.17, 15) is 8.42 Å². The summed E-state index contributed by atoms with van der Waals surface area (Å²) in [7, 11) is -3.61. The van der Waals surface area contributed by atoms with Gasteiger partial charge < -0.3 is 10.5 Å². The van der Waals surface area contributed by atoms with Crippen molar-refractivity contribution >= 4 is 15.8 Å². The SMILES string of the molecule is Nc1ncccc1S(=O)(=O)NC1CC2CCC1O2. The van der Waals surface area contributed by atoms with Gasteiger partial charge in [0.2, 0.25) is 10.0 Å². The minimum absolute atomic E-state index is 0.00247. The van der Waals surface area contributed by atoms with Crippen molar-refractivity contribution in [3.8, 4) is 0 Å². The lowest BCUT2D eigenvalue weighted by atomic mass is 9.96. The number of anilines is 1. The number of nitrogens with one attached hydrogen (secondary N) is 1. The van der Waals surface area contributed by atoms with Gasteiger partial charge in [0, 0.05) is 6.20 Å². The van der Waals surface area contributed by atoms with Crippen LogP contribution >= 0.6 is 0 Å². The average molecular weight is 269 g/mol. The molecular formula is C11H15N3O3S. The van der Waals surface area contributed by atoms with Crippen LogP contribution in [0.2, 0.25) is 0 Å². The first-order chi connectivity index (χ1) is 8.56. The molecule has 3 atom stereocenters. The van der Waals surface area contributed by atoms with Crippen molar-refractivity contribution in [2.75, 3.05) is 5.73 Å². The van der Waals surface area contributed by atoms with Crippen LogP contribution < -0.4 is 10.5 Å². The maximum atomic E-state index is 12.2. The zero-order chi connectivity index (χ0) is 12.8. The summed E-state index contributed by atoms with van der Waals surface area (Å²) in [5, 5.41) is 0. The van der Waals surface area contributed by atoms with E-state index in [4.69, 9.17) is 10.5 Å². The molecule has 6 nitrogen and oxygen atoms in total. The fraction of sp³-hybridized carbons (Fsp3) is 0.545. The highest BCUT2D eigenvalue weighted by atomic mass is 32.2. The standard InChI is InChI=1S/C11H15N3O3S/c12-11-10(2-1-5-13-11)18(15,16)14-8-6-7-3-4-9(8)17-7/h1-2,5,7-9,14H,3-4,6H2,(H2,12,13). The third-order valence-electron chi connectivity index (χ3n) is 3.50. The van der Waals surface area contributed by atoms with Crippen LogP contribution in [0.3, 0.4) is 0 Å². The molecule has 7 heteroatoms. The minimum Gasteiger partial charge on any atom is -0.383 e. The number of ether oxygens (including phenoxy) is 1. The summed E-state index contributed by atoms with van der Waals surface area (Å²) in [6.45, 7) is 0. The number of nitrogens with two attached hydrogens (primary N) is 1. The Morgan fingerprint density at radius 2 is 2.28 bits per heavy atom. The second-order valence-electron chi connectivity index (χ2n) is 4.72. The van der Waals surface area contributed by atoms with E-state index in [0.717, 1.165) is 19.3 Å². The zero-order valence-corrected chi connectivity index (χ0v) is 10.6. The summed E-state index contributed by atoms with van der Waals surface area (Å²) in [5.74, 6) is 0.0223. The van der Waals surface area contributed by atoms with Crippen LogP contribution in [0.5, 0.6) is 0 Å². The number of rotatable bonds is 3. The Bertz CT molecular complexity index is 560. The first kappa shape index (κ1) is 11.9. The van der Waals surface area contributed by atoms with E-state index >= 15 is 0 Å². The second-order valence-corrected chi connectivity index (χ2v) is 6.41. The van der Waals surface area contributed by atoms with Gasteiger partial charge in [0.1, 0.15) is 10.7 Å². The molecule has 3 heterocycles. The monoisotopic (exact) mass is 269 g/mol. The van der Waals surface area contributed by atoms with Crippen molar-refractivity contribution in [1.82, 2.24) is 9.71 Å². The molecule has 0 radical (unpaired) electrons. The Morgan fingerprint density at radius 1 is 1.44 bits per heavy atom. The number of sulfonamides is 1. The van der Waals surface area contributed by atoms with Crippen molar-refractivity contribution < 1.29 is 13.2 Å². The van der Waals surface area contributed by atoms with Gasteiger partial charge in [0.05, 0.1) is 18.2 Å². The van der Waals surface area contributed by atoms with Crippen LogP contribution in [0, 0.1) is 0 Å². The van der Waals surface area contributed by atoms with Crippen LogP contribution in [-0.2, 0) is 14.8 Å². The highest BCUT2D eigenvalue weighted by molar-refractivity contribution is 7.89. The summed E-state index contributed by atoms with van der Waals surface area (Å²) in [4.78, 5) is 3.83. The quantitative estimate of drug-likeness (QED) is 0.821. The van der Waals surface area contributed by atoms with Gasteiger partial charge in [0.15, 0.2) is 0 Å². The maximum Gasteiger partial charge on any atom is 0.244 e. The van der Waals surface area contributed by atoms with Gasteiger partial charge in [0.25, 0.3) is 0 Å². The van der Waals surface area contributed by atoms with E-state index in [1.165, 1.54) is 12.3 Å². The molecule has 0 saturated carbocycles. The second kappa shape index (κ2) is 4.18. The molecule has 1 aromatic heterocycles. The van der Waals surface area contributed by atoms with E-state index in [-0.39, 0.29) is 29.0 Å². The predicted molar refractivity (Wildman–Crippen MR) is 65.3 cm³/mol. The normalized spacial score (nSPS) is 30.8. The van der Waals surface area contributed by atoms with Gasteiger partial charge in [-0.1, -0.05) is 0 Å². The number of fused-ring (bicyclic) bond motifs is 2. The van der Waals surface area contributed by atoms with Gasteiger partial charge >= 0.3 is 0 Å². The summed E-state index contributed by atoms with van der Waals surface area (Å²) in [5.41, 5.74) is 5.60. The lowest BCUT2D eigenvalue weighted by Gasteiger charge is -2.20. The number of aromatic nitrogens is 1. The number of hydrogen-bond acceptors (Lipinski definition) is 5. The molecule has 2 aliphatic rings. The molecule has 3 N–H and O–H groups in total. The lowest BCUT2D eigenvalue weighted by Crippen LogP contribution is -2.41. The minimum atomic E-state index is -3.61. The molecule has 3 unspecified atom stereocenters. The van der Waals surface area contributed by atoms with Crippen molar-refractivity contribution in [3.05, 3.63) is 18.3 Å². The smallest absolute Gasteiger partial charge is 0.244 e. The Kier molecular flexibility index (Phi) is 2.76. The third-order valence-corrected chi connectivity index (χ3v) is 5.04. The van der Waals surface area contributed by atoms with E-state index in [1.54, 1.807) is 6.07 Å². The molecule has 0 amide bonds. The Labute approximate surface area is 106 Å². The first-order valence-electron chi connectivity index (χ1n) is 5.94. The van der Waals surface area contributed by atoms with Gasteiger partial charge in [-0.2, -0.15) is 0 Å². The topological polar surface area (TPSA) is 94.3 Å². The molecule has 2 fully saturated rings. The molecule has 2 aliphatic heterocycles. The van der Waals surface area contributed by atoms with E-state index < -0.39 is 10.0 Å². The number of nitrogens with zero attached hydrogens (tertiary/aromatic N) is 1. The largest absolute Gasteiger partial charge is 0.383 e. The fourth-order valence-electron chi connectivity index (χ4n) is 2.65. The van der Waals surface area contributed by atoms with Crippen LogP contribution in [0.15, 0.2) is 23.2 Å². The fourth-order valence-corrected chi connectivity index (χ4v) is 4.01. The molecule has 2 saturated heterocycles. The van der Waals surface area contributed by atoms with Gasteiger partial charge in [-0.05, 0) is 31.4 Å². The Hall–Kier alpha value is -1.18. The zero-order valence-electron chi connectivity index (χ0n) is 9.74. The number of pyridine rings is 1. The highest BCUT2D eigenvalue weighted by Gasteiger charge is 2.42. The van der Waals surface area contributed by atoms with Gasteiger partial charge in [-0.3, -0.25) is 0 Å². The van der Waals surface area contributed by atoms with Crippen molar-refractivity contribution in [1.29, 1.82) is 0 Å². The summed E-state index contributed by atoms with van der Waals surface area (Å²) < 4.78 is 32.7. The Morgan fingerprint density at radius 3 is 2.89 bits per heavy atom. The van der Waals surface area contributed by atoms with E-state index in [1.807, 2.05) is 0 Å². The maximum absolute atomic E-state index is 12.2. The molecule has 0 aromatic carbocycles. The van der Waals surface area contributed by atoms with Crippen LogP contribution in [0.4, 0.5) is 5.82 Å². The summed E-state index contributed by atoms with van der Waals surface area (Å²) >= 11 is 0. The molecule has 98 valence electrons. The summed E-state index contributed by atoms with van der Waals surface area (Å²) in [6.07, 6.45) is 4.36. The molecule has 2 bridgehead atoms. The molecular weight excluding hydrogens is 254 g/mol. The lowest BCUT2D eigenvalue weighted by molar-refractivity contribution is 0.0996. The molecule has 3 rings (SSSR count).